The number of aromatic nitrogens is 6. The van der Waals surface area contributed by atoms with Crippen molar-refractivity contribution in [2.24, 2.45) is 0 Å². The van der Waals surface area contributed by atoms with E-state index in [-0.39, 0.29) is 11.3 Å². The van der Waals surface area contributed by atoms with E-state index in [1.165, 1.54) is 12.6 Å². The summed E-state index contributed by atoms with van der Waals surface area (Å²) in [5.41, 5.74) is 3.82. The SMILES string of the molecule is O=C(Nc1cncc(-c2ccc3[nH]nc(-c4nc(=O)c5ccccc5[nH]4)c3c2)c1)c1cnco1. The molecule has 6 rings (SSSR count). The molecule has 10 nitrogen and oxygen atoms in total. The van der Waals surface area contributed by atoms with Gasteiger partial charge in [-0.05, 0) is 35.9 Å². The largest absolute Gasteiger partial charge is 0.438 e. The third-order valence-corrected chi connectivity index (χ3v) is 5.40. The summed E-state index contributed by atoms with van der Waals surface area (Å²) in [6.45, 7) is 0. The summed E-state index contributed by atoms with van der Waals surface area (Å²) in [5.74, 6) is 0.0559. The molecule has 1 amide bonds. The number of rotatable bonds is 4. The topological polar surface area (TPSA) is 142 Å². The van der Waals surface area contributed by atoms with E-state index >= 15 is 0 Å². The summed E-state index contributed by atoms with van der Waals surface area (Å²) in [5, 5.41) is 11.4. The van der Waals surface area contributed by atoms with Crippen LogP contribution in [0.5, 0.6) is 0 Å². The first kappa shape index (κ1) is 19.6. The number of fused-ring (bicyclic) bond motifs is 2. The molecule has 0 unspecified atom stereocenters. The number of nitrogens with zero attached hydrogens (tertiary/aromatic N) is 4. The van der Waals surface area contributed by atoms with Crippen molar-refractivity contribution in [2.75, 3.05) is 5.32 Å². The summed E-state index contributed by atoms with van der Waals surface area (Å²) >= 11 is 0. The molecule has 4 heterocycles. The zero-order valence-electron chi connectivity index (χ0n) is 17.4. The molecule has 0 spiro atoms. The highest BCUT2D eigenvalue weighted by molar-refractivity contribution is 6.02. The van der Waals surface area contributed by atoms with Crippen molar-refractivity contribution in [1.29, 1.82) is 0 Å². The van der Waals surface area contributed by atoms with Gasteiger partial charge in [0.05, 0.1) is 34.5 Å². The normalized spacial score (nSPS) is 11.2. The van der Waals surface area contributed by atoms with E-state index in [1.807, 2.05) is 30.3 Å². The van der Waals surface area contributed by atoms with E-state index in [9.17, 15) is 9.59 Å². The Kier molecular flexibility index (Phi) is 4.48. The van der Waals surface area contributed by atoms with Gasteiger partial charge >= 0.3 is 0 Å². The Morgan fingerprint density at radius 3 is 2.71 bits per heavy atom. The number of carbonyl (C=O) groups excluding carboxylic acids is 1. The number of nitrogens with one attached hydrogen (secondary N) is 3. The molecule has 4 aromatic heterocycles. The Hall–Kier alpha value is -5.12. The molecule has 0 aliphatic carbocycles. The highest BCUT2D eigenvalue weighted by atomic mass is 16.3. The third kappa shape index (κ3) is 3.39. The Morgan fingerprint density at radius 1 is 0.912 bits per heavy atom. The molecule has 0 radical (unpaired) electrons. The molecule has 2 aromatic carbocycles. The highest BCUT2D eigenvalue weighted by Gasteiger charge is 2.15. The number of anilines is 1. The first-order valence-corrected chi connectivity index (χ1v) is 10.3. The van der Waals surface area contributed by atoms with E-state index in [0.29, 0.717) is 28.1 Å². The van der Waals surface area contributed by atoms with Crippen molar-refractivity contribution in [2.45, 2.75) is 0 Å². The highest BCUT2D eigenvalue weighted by Crippen LogP contribution is 2.30. The average Bonchev–Trinajstić information content (AvgIpc) is 3.54. The number of carbonyl (C=O) groups is 1. The molecule has 0 atom stereocenters. The fourth-order valence-corrected chi connectivity index (χ4v) is 3.77. The van der Waals surface area contributed by atoms with Gasteiger partial charge in [0, 0.05) is 17.1 Å². The molecule has 164 valence electrons. The number of oxazole rings is 1. The van der Waals surface area contributed by atoms with Crippen LogP contribution in [-0.4, -0.2) is 36.0 Å². The lowest BCUT2D eigenvalue weighted by Gasteiger charge is -2.07. The molecule has 3 N–H and O–H groups in total. The van der Waals surface area contributed by atoms with E-state index in [1.54, 1.807) is 30.6 Å². The van der Waals surface area contributed by atoms with Crippen LogP contribution in [-0.2, 0) is 0 Å². The van der Waals surface area contributed by atoms with Crippen LogP contribution < -0.4 is 10.9 Å². The van der Waals surface area contributed by atoms with Crippen molar-refractivity contribution >= 4 is 33.4 Å². The molecule has 0 aliphatic rings. The quantitative estimate of drug-likeness (QED) is 0.372. The monoisotopic (exact) mass is 449 g/mol. The van der Waals surface area contributed by atoms with Gasteiger partial charge in [-0.2, -0.15) is 10.1 Å². The number of para-hydroxylation sites is 1. The number of aromatic amines is 2. The molecular weight excluding hydrogens is 434 g/mol. The van der Waals surface area contributed by atoms with Gasteiger partial charge in [0.1, 0.15) is 5.69 Å². The summed E-state index contributed by atoms with van der Waals surface area (Å²) < 4.78 is 5.03. The number of hydrogen-bond donors (Lipinski definition) is 3. The lowest BCUT2D eigenvalue weighted by Crippen LogP contribution is -2.11. The summed E-state index contributed by atoms with van der Waals surface area (Å²) in [6, 6.07) is 14.7. The molecule has 0 aliphatic heterocycles. The predicted octanol–water partition coefficient (Wildman–Crippen LogP) is 3.77. The van der Waals surface area contributed by atoms with Crippen molar-refractivity contribution in [3.63, 3.8) is 0 Å². The summed E-state index contributed by atoms with van der Waals surface area (Å²) in [4.78, 5) is 40.2. The summed E-state index contributed by atoms with van der Waals surface area (Å²) in [7, 11) is 0. The first-order chi connectivity index (χ1) is 16.7. The minimum atomic E-state index is -0.421. The van der Waals surface area contributed by atoms with Gasteiger partial charge in [-0.1, -0.05) is 18.2 Å². The molecule has 34 heavy (non-hydrogen) atoms. The van der Waals surface area contributed by atoms with Gasteiger partial charge in [-0.25, -0.2) is 4.98 Å². The maximum absolute atomic E-state index is 12.5. The van der Waals surface area contributed by atoms with Gasteiger partial charge in [0.2, 0.25) is 5.76 Å². The predicted molar refractivity (Wildman–Crippen MR) is 125 cm³/mol. The van der Waals surface area contributed by atoms with Gasteiger partial charge in [-0.15, -0.1) is 0 Å². The average molecular weight is 449 g/mol. The Morgan fingerprint density at radius 2 is 1.82 bits per heavy atom. The second-order valence-electron chi connectivity index (χ2n) is 7.55. The van der Waals surface area contributed by atoms with Crippen LogP contribution in [0.1, 0.15) is 10.6 Å². The van der Waals surface area contributed by atoms with Crippen molar-refractivity contribution in [3.05, 3.63) is 89.6 Å². The number of hydrogen-bond acceptors (Lipinski definition) is 7. The van der Waals surface area contributed by atoms with Crippen LogP contribution in [0.2, 0.25) is 0 Å². The van der Waals surface area contributed by atoms with Crippen LogP contribution in [0.3, 0.4) is 0 Å². The molecule has 0 saturated carbocycles. The van der Waals surface area contributed by atoms with E-state index < -0.39 is 5.91 Å². The lowest BCUT2D eigenvalue weighted by molar-refractivity contribution is 0.0996. The maximum Gasteiger partial charge on any atom is 0.293 e. The van der Waals surface area contributed by atoms with Crippen LogP contribution in [0.4, 0.5) is 5.69 Å². The fraction of sp³-hybridized carbons (Fsp3) is 0. The standard InChI is InChI=1S/C24H15N7O3/c32-23-16-3-1-2-4-18(16)28-22(29-23)21-17-8-13(5-6-19(17)30-31-21)14-7-15(10-25-9-14)27-24(33)20-11-26-12-34-20/h1-12H,(H,27,33)(H,30,31)(H,28,29,32). The van der Waals surface area contributed by atoms with Crippen LogP contribution in [0.15, 0.2) is 82.7 Å². The maximum atomic E-state index is 12.5. The van der Waals surface area contributed by atoms with Gasteiger partial charge in [-0.3, -0.25) is 19.7 Å². The molecule has 0 fully saturated rings. The molecule has 6 aromatic rings. The van der Waals surface area contributed by atoms with E-state index in [4.69, 9.17) is 4.42 Å². The van der Waals surface area contributed by atoms with Gasteiger partial charge < -0.3 is 14.7 Å². The second-order valence-corrected chi connectivity index (χ2v) is 7.55. The molecule has 0 saturated heterocycles. The Labute approximate surface area is 190 Å². The smallest absolute Gasteiger partial charge is 0.293 e. The van der Waals surface area contributed by atoms with Crippen LogP contribution >= 0.6 is 0 Å². The molecule has 10 heteroatoms. The zero-order valence-corrected chi connectivity index (χ0v) is 17.4. The summed E-state index contributed by atoms with van der Waals surface area (Å²) in [6.07, 6.45) is 5.77. The van der Waals surface area contributed by atoms with Crippen LogP contribution in [0, 0.1) is 0 Å². The fourth-order valence-electron chi connectivity index (χ4n) is 3.77. The Balaban J connectivity index is 1.39. The number of H-pyrrole nitrogens is 2. The second kappa shape index (κ2) is 7.78. The first-order valence-electron chi connectivity index (χ1n) is 10.3. The number of amides is 1. The lowest BCUT2D eigenvalue weighted by atomic mass is 10.0. The number of pyridine rings is 1. The van der Waals surface area contributed by atoms with Crippen LogP contribution in [0.25, 0.3) is 44.5 Å². The Bertz CT molecular complexity index is 1740. The van der Waals surface area contributed by atoms with Gasteiger partial charge in [0.25, 0.3) is 11.5 Å². The van der Waals surface area contributed by atoms with Gasteiger partial charge in [0.15, 0.2) is 12.2 Å². The van der Waals surface area contributed by atoms with E-state index in [2.05, 4.69) is 35.5 Å². The minimum Gasteiger partial charge on any atom is -0.438 e. The van der Waals surface area contributed by atoms with Crippen molar-refractivity contribution in [1.82, 2.24) is 30.1 Å². The zero-order chi connectivity index (χ0) is 23.1. The minimum absolute atomic E-state index is 0.103. The number of benzene rings is 2. The molecule has 0 bridgehead atoms. The van der Waals surface area contributed by atoms with Crippen molar-refractivity contribution < 1.29 is 9.21 Å². The third-order valence-electron chi connectivity index (χ3n) is 5.40. The molecular formula is C24H15N7O3. The van der Waals surface area contributed by atoms with E-state index in [0.717, 1.165) is 22.0 Å². The van der Waals surface area contributed by atoms with Crippen molar-refractivity contribution in [3.8, 4) is 22.6 Å².